The molecule has 0 amide bonds. The fourth-order valence-electron chi connectivity index (χ4n) is 2.90. The van der Waals surface area contributed by atoms with E-state index in [0.717, 1.165) is 21.9 Å². The molecule has 4 aromatic rings. The number of nitrogens with zero attached hydrogens (tertiary/aromatic N) is 1. The van der Waals surface area contributed by atoms with E-state index in [0.29, 0.717) is 12.1 Å². The van der Waals surface area contributed by atoms with Crippen LogP contribution >= 0.6 is 0 Å². The monoisotopic (exact) mass is 302 g/mol. The molecule has 0 aliphatic carbocycles. The molecule has 3 aromatic carbocycles. The summed E-state index contributed by atoms with van der Waals surface area (Å²) < 4.78 is 1.53. The number of aromatic amines is 1. The lowest BCUT2D eigenvalue weighted by Gasteiger charge is -2.10. The molecule has 112 valence electrons. The van der Waals surface area contributed by atoms with Crippen molar-refractivity contribution >= 4 is 21.8 Å². The average molecular weight is 302 g/mol. The molecule has 1 heterocycles. The van der Waals surface area contributed by atoms with E-state index in [-0.39, 0.29) is 0 Å². The van der Waals surface area contributed by atoms with Gasteiger partial charge in [-0.2, -0.15) is 0 Å². The van der Waals surface area contributed by atoms with Crippen molar-refractivity contribution < 1.29 is 0 Å². The van der Waals surface area contributed by atoms with E-state index in [4.69, 9.17) is 0 Å². The van der Waals surface area contributed by atoms with E-state index in [9.17, 15) is 9.59 Å². The van der Waals surface area contributed by atoms with Gasteiger partial charge in [0.05, 0.1) is 17.6 Å². The molecule has 0 atom stereocenters. The third-order valence-corrected chi connectivity index (χ3v) is 4.04. The first kappa shape index (κ1) is 13.5. The van der Waals surface area contributed by atoms with Gasteiger partial charge in [-0.3, -0.25) is 14.2 Å². The molecule has 0 unspecified atom stereocenters. The van der Waals surface area contributed by atoms with E-state index in [1.165, 1.54) is 4.57 Å². The van der Waals surface area contributed by atoms with E-state index in [1.54, 1.807) is 6.07 Å². The lowest BCUT2D eigenvalue weighted by molar-refractivity contribution is 0.777. The zero-order valence-electron chi connectivity index (χ0n) is 12.3. The highest BCUT2D eigenvalue weighted by Crippen LogP contribution is 2.17. The minimum absolute atomic E-state index is 0.369. The van der Waals surface area contributed by atoms with Crippen LogP contribution in [0.25, 0.3) is 21.8 Å². The highest BCUT2D eigenvalue weighted by Gasteiger charge is 2.08. The summed E-state index contributed by atoms with van der Waals surface area (Å²) >= 11 is 0. The quantitative estimate of drug-likeness (QED) is 0.579. The van der Waals surface area contributed by atoms with Crippen molar-refractivity contribution in [3.63, 3.8) is 0 Å². The lowest BCUT2D eigenvalue weighted by atomic mass is 10.1. The van der Waals surface area contributed by atoms with Gasteiger partial charge in [-0.05, 0) is 34.5 Å². The number of nitrogens with one attached hydrogen (secondary N) is 1. The fraction of sp³-hybridized carbons (Fsp3) is 0.0526. The van der Waals surface area contributed by atoms with Crippen molar-refractivity contribution in [2.45, 2.75) is 6.54 Å². The first-order chi connectivity index (χ1) is 11.2. The van der Waals surface area contributed by atoms with Crippen LogP contribution in [0, 0.1) is 0 Å². The number of H-pyrrole nitrogens is 1. The molecule has 1 N–H and O–H groups in total. The summed E-state index contributed by atoms with van der Waals surface area (Å²) in [6.07, 6.45) is 0. The summed E-state index contributed by atoms with van der Waals surface area (Å²) in [6.45, 7) is 0.369. The number of fused-ring (bicyclic) bond motifs is 2. The van der Waals surface area contributed by atoms with Crippen LogP contribution in [-0.4, -0.2) is 9.55 Å². The Labute approximate surface area is 131 Å². The second-order valence-electron chi connectivity index (χ2n) is 5.54. The minimum atomic E-state index is -0.593. The molecular weight excluding hydrogens is 288 g/mol. The zero-order chi connectivity index (χ0) is 15.8. The SMILES string of the molecule is O=c1[nH]c2ccccc2n(Cc2ccc3ccccc3c2)c1=O. The molecule has 0 bridgehead atoms. The third-order valence-electron chi connectivity index (χ3n) is 4.04. The standard InChI is InChI=1S/C19H14N2O2/c22-18-19(23)21(17-8-4-3-7-16(17)20-18)12-13-9-10-14-5-1-2-6-15(14)11-13/h1-11H,12H2,(H,20,22). The van der Waals surface area contributed by atoms with Crippen molar-refractivity contribution in [2.24, 2.45) is 0 Å². The molecule has 0 saturated heterocycles. The van der Waals surface area contributed by atoms with E-state index in [2.05, 4.69) is 11.1 Å². The fourth-order valence-corrected chi connectivity index (χ4v) is 2.90. The predicted molar refractivity (Wildman–Crippen MR) is 91.9 cm³/mol. The van der Waals surface area contributed by atoms with Crippen LogP contribution in [0.1, 0.15) is 5.56 Å². The largest absolute Gasteiger partial charge is 0.317 e. The number of hydrogen-bond donors (Lipinski definition) is 1. The molecule has 0 aliphatic rings. The molecule has 4 heteroatoms. The second-order valence-corrected chi connectivity index (χ2v) is 5.54. The molecule has 0 spiro atoms. The maximum absolute atomic E-state index is 12.3. The predicted octanol–water partition coefficient (Wildman–Crippen LogP) is 2.89. The van der Waals surface area contributed by atoms with E-state index < -0.39 is 11.1 Å². The highest BCUT2D eigenvalue weighted by molar-refractivity contribution is 5.83. The van der Waals surface area contributed by atoms with Gasteiger partial charge < -0.3 is 4.98 Å². The Kier molecular flexibility index (Phi) is 3.08. The molecule has 4 rings (SSSR count). The maximum atomic E-state index is 12.3. The van der Waals surface area contributed by atoms with Crippen LogP contribution < -0.4 is 11.1 Å². The van der Waals surface area contributed by atoms with Gasteiger partial charge in [0, 0.05) is 0 Å². The van der Waals surface area contributed by atoms with Crippen LogP contribution in [0.3, 0.4) is 0 Å². The Morgan fingerprint density at radius 2 is 1.57 bits per heavy atom. The van der Waals surface area contributed by atoms with Gasteiger partial charge in [-0.25, -0.2) is 0 Å². The molecule has 0 radical (unpaired) electrons. The van der Waals surface area contributed by atoms with Crippen LogP contribution in [0.5, 0.6) is 0 Å². The molecule has 0 saturated carbocycles. The second kappa shape index (κ2) is 5.25. The molecular formula is C19H14N2O2. The maximum Gasteiger partial charge on any atom is 0.317 e. The Morgan fingerprint density at radius 3 is 2.43 bits per heavy atom. The molecule has 23 heavy (non-hydrogen) atoms. The molecule has 0 fully saturated rings. The first-order valence-corrected chi connectivity index (χ1v) is 7.42. The van der Waals surface area contributed by atoms with Crippen molar-refractivity contribution in [1.29, 1.82) is 0 Å². The number of rotatable bonds is 2. The number of benzene rings is 3. The van der Waals surface area contributed by atoms with Gasteiger partial charge in [0.1, 0.15) is 0 Å². The number of hydrogen-bond acceptors (Lipinski definition) is 2. The summed E-state index contributed by atoms with van der Waals surface area (Å²) in [5, 5.41) is 2.27. The van der Waals surface area contributed by atoms with Crippen molar-refractivity contribution in [1.82, 2.24) is 9.55 Å². The summed E-state index contributed by atoms with van der Waals surface area (Å²) in [5.41, 5.74) is 1.26. The normalized spacial score (nSPS) is 11.1. The van der Waals surface area contributed by atoms with Crippen LogP contribution in [0.2, 0.25) is 0 Å². The Hall–Kier alpha value is -3.14. The van der Waals surface area contributed by atoms with E-state index in [1.807, 2.05) is 54.6 Å². The van der Waals surface area contributed by atoms with Crippen molar-refractivity contribution in [3.8, 4) is 0 Å². The highest BCUT2D eigenvalue weighted by atomic mass is 16.2. The molecule has 1 aromatic heterocycles. The van der Waals surface area contributed by atoms with Crippen molar-refractivity contribution in [2.75, 3.05) is 0 Å². The van der Waals surface area contributed by atoms with Crippen LogP contribution in [0.15, 0.2) is 76.3 Å². The Morgan fingerprint density at radius 1 is 0.826 bits per heavy atom. The number of para-hydroxylation sites is 2. The minimum Gasteiger partial charge on any atom is -0.316 e. The van der Waals surface area contributed by atoms with Gasteiger partial charge >= 0.3 is 11.1 Å². The topological polar surface area (TPSA) is 54.9 Å². The first-order valence-electron chi connectivity index (χ1n) is 7.42. The van der Waals surface area contributed by atoms with Gasteiger partial charge in [0.2, 0.25) is 0 Å². The van der Waals surface area contributed by atoms with Crippen molar-refractivity contribution in [3.05, 3.63) is 93.0 Å². The number of aromatic nitrogens is 2. The Bertz CT molecular complexity index is 1140. The summed E-state index contributed by atoms with van der Waals surface area (Å²) in [6, 6.07) is 21.5. The molecule has 0 aliphatic heterocycles. The summed E-state index contributed by atoms with van der Waals surface area (Å²) in [4.78, 5) is 26.8. The third kappa shape index (κ3) is 2.34. The Balaban J connectivity index is 1.90. The smallest absolute Gasteiger partial charge is 0.316 e. The summed E-state index contributed by atoms with van der Waals surface area (Å²) in [7, 11) is 0. The average Bonchev–Trinajstić information content (AvgIpc) is 2.59. The van der Waals surface area contributed by atoms with Gasteiger partial charge in [-0.1, -0.05) is 48.5 Å². The zero-order valence-corrected chi connectivity index (χ0v) is 12.3. The van der Waals surface area contributed by atoms with Crippen LogP contribution in [0.4, 0.5) is 0 Å². The lowest BCUT2D eigenvalue weighted by Crippen LogP contribution is -2.36. The van der Waals surface area contributed by atoms with E-state index >= 15 is 0 Å². The van der Waals surface area contributed by atoms with Crippen LogP contribution in [-0.2, 0) is 6.54 Å². The van der Waals surface area contributed by atoms with Gasteiger partial charge in [0.15, 0.2) is 0 Å². The van der Waals surface area contributed by atoms with Gasteiger partial charge in [0.25, 0.3) is 0 Å². The van der Waals surface area contributed by atoms with Gasteiger partial charge in [-0.15, -0.1) is 0 Å². The summed E-state index contributed by atoms with van der Waals surface area (Å²) in [5.74, 6) is 0. The molecule has 4 nitrogen and oxygen atoms in total.